The molecule has 21 heavy (non-hydrogen) atoms. The summed E-state index contributed by atoms with van der Waals surface area (Å²) in [6.07, 6.45) is 1.53. The largest absolute Gasteiger partial charge is 0.461 e. The first-order valence-electron chi connectivity index (χ1n) is 7.23. The zero-order valence-corrected chi connectivity index (χ0v) is 12.2. The van der Waals surface area contributed by atoms with Crippen LogP contribution in [0.25, 0.3) is 11.3 Å². The van der Waals surface area contributed by atoms with Gasteiger partial charge in [0, 0.05) is 31.1 Å². The van der Waals surface area contributed by atoms with Gasteiger partial charge in [-0.2, -0.15) is 0 Å². The van der Waals surface area contributed by atoms with Crippen LogP contribution in [0.15, 0.2) is 46.9 Å². The van der Waals surface area contributed by atoms with Crippen molar-refractivity contribution < 1.29 is 14.3 Å². The molecular weight excluding hydrogens is 266 g/mol. The molecule has 0 radical (unpaired) electrons. The Morgan fingerprint density at radius 3 is 2.71 bits per heavy atom. The molecule has 0 saturated heterocycles. The molecule has 4 heteroatoms. The molecule has 4 nitrogen and oxygen atoms in total. The number of aryl methyl sites for hydroxylation is 1. The quantitative estimate of drug-likeness (QED) is 0.823. The molecule has 0 fully saturated rings. The van der Waals surface area contributed by atoms with Crippen molar-refractivity contribution in [3.63, 3.8) is 0 Å². The first kappa shape index (κ1) is 15.3. The zero-order valence-electron chi connectivity index (χ0n) is 12.2. The van der Waals surface area contributed by atoms with Crippen molar-refractivity contribution in [3.8, 4) is 11.3 Å². The van der Waals surface area contributed by atoms with Gasteiger partial charge in [-0.3, -0.25) is 4.79 Å². The molecule has 2 aromatic rings. The van der Waals surface area contributed by atoms with E-state index >= 15 is 0 Å². The highest BCUT2D eigenvalue weighted by Gasteiger charge is 2.09. The molecule has 0 aliphatic carbocycles. The molecule has 0 spiro atoms. The fourth-order valence-corrected chi connectivity index (χ4v) is 2.12. The van der Waals surface area contributed by atoms with Crippen molar-refractivity contribution in [2.24, 2.45) is 0 Å². The van der Waals surface area contributed by atoms with Crippen LogP contribution in [-0.4, -0.2) is 23.7 Å². The summed E-state index contributed by atoms with van der Waals surface area (Å²) in [5.74, 6) is 1.60. The number of aliphatic hydroxyl groups excluding tert-OH is 1. The molecule has 2 rings (SSSR count). The van der Waals surface area contributed by atoms with Crippen LogP contribution in [0, 0.1) is 0 Å². The fourth-order valence-electron chi connectivity index (χ4n) is 2.12. The minimum Gasteiger partial charge on any atom is -0.461 e. The average molecular weight is 287 g/mol. The lowest BCUT2D eigenvalue weighted by molar-refractivity contribution is -0.121. The normalized spacial score (nSPS) is 12.1. The SMILES string of the molecule is CC(CCO)NC(=O)CCc1ccc(-c2ccccc2)o1. The third-order valence-corrected chi connectivity index (χ3v) is 3.29. The molecule has 1 atom stereocenters. The van der Waals surface area contributed by atoms with Crippen molar-refractivity contribution in [2.45, 2.75) is 32.2 Å². The molecule has 1 amide bonds. The monoisotopic (exact) mass is 287 g/mol. The smallest absolute Gasteiger partial charge is 0.220 e. The van der Waals surface area contributed by atoms with E-state index in [1.54, 1.807) is 0 Å². The molecule has 0 bridgehead atoms. The van der Waals surface area contributed by atoms with Crippen molar-refractivity contribution >= 4 is 5.91 Å². The predicted octanol–water partition coefficient (Wildman–Crippen LogP) is 2.77. The number of nitrogens with one attached hydrogen (secondary N) is 1. The lowest BCUT2D eigenvalue weighted by atomic mass is 10.2. The van der Waals surface area contributed by atoms with Gasteiger partial charge in [0.1, 0.15) is 11.5 Å². The summed E-state index contributed by atoms with van der Waals surface area (Å²) in [5.41, 5.74) is 1.03. The van der Waals surface area contributed by atoms with Crippen LogP contribution in [-0.2, 0) is 11.2 Å². The molecule has 1 aromatic carbocycles. The molecule has 1 heterocycles. The van der Waals surface area contributed by atoms with Crippen molar-refractivity contribution in [1.29, 1.82) is 0 Å². The van der Waals surface area contributed by atoms with Gasteiger partial charge in [-0.15, -0.1) is 0 Å². The Morgan fingerprint density at radius 1 is 1.24 bits per heavy atom. The highest BCUT2D eigenvalue weighted by Crippen LogP contribution is 2.22. The van der Waals surface area contributed by atoms with E-state index < -0.39 is 0 Å². The van der Waals surface area contributed by atoms with Crippen LogP contribution in [0.5, 0.6) is 0 Å². The number of hydrogen-bond donors (Lipinski definition) is 2. The van der Waals surface area contributed by atoms with Gasteiger partial charge < -0.3 is 14.8 Å². The number of rotatable bonds is 7. The molecule has 0 saturated carbocycles. The van der Waals surface area contributed by atoms with Gasteiger partial charge in [0.2, 0.25) is 5.91 Å². The Balaban J connectivity index is 1.84. The maximum atomic E-state index is 11.7. The van der Waals surface area contributed by atoms with E-state index in [0.717, 1.165) is 17.1 Å². The molecule has 1 aromatic heterocycles. The Morgan fingerprint density at radius 2 is 2.00 bits per heavy atom. The lowest BCUT2D eigenvalue weighted by Crippen LogP contribution is -2.33. The van der Waals surface area contributed by atoms with Crippen LogP contribution < -0.4 is 5.32 Å². The van der Waals surface area contributed by atoms with Crippen LogP contribution in [0.4, 0.5) is 0 Å². The second-order valence-electron chi connectivity index (χ2n) is 5.11. The van der Waals surface area contributed by atoms with E-state index in [0.29, 0.717) is 19.3 Å². The maximum Gasteiger partial charge on any atom is 0.220 e. The third kappa shape index (κ3) is 4.76. The number of carbonyl (C=O) groups is 1. The maximum absolute atomic E-state index is 11.7. The van der Waals surface area contributed by atoms with Crippen LogP contribution >= 0.6 is 0 Å². The van der Waals surface area contributed by atoms with Gasteiger partial charge in [0.15, 0.2) is 0 Å². The number of carbonyl (C=O) groups excluding carboxylic acids is 1. The summed E-state index contributed by atoms with van der Waals surface area (Å²) in [5, 5.41) is 11.7. The van der Waals surface area contributed by atoms with Gasteiger partial charge >= 0.3 is 0 Å². The van der Waals surface area contributed by atoms with E-state index in [1.807, 2.05) is 49.4 Å². The van der Waals surface area contributed by atoms with Crippen molar-refractivity contribution in [3.05, 3.63) is 48.2 Å². The molecule has 1 unspecified atom stereocenters. The molecular formula is C17H21NO3. The second-order valence-corrected chi connectivity index (χ2v) is 5.11. The predicted molar refractivity (Wildman–Crippen MR) is 81.8 cm³/mol. The van der Waals surface area contributed by atoms with E-state index in [1.165, 1.54) is 0 Å². The summed E-state index contributed by atoms with van der Waals surface area (Å²) in [4.78, 5) is 11.7. The van der Waals surface area contributed by atoms with E-state index in [9.17, 15) is 4.79 Å². The van der Waals surface area contributed by atoms with Crippen molar-refractivity contribution in [2.75, 3.05) is 6.61 Å². The fraction of sp³-hybridized carbons (Fsp3) is 0.353. The number of hydrogen-bond acceptors (Lipinski definition) is 3. The molecule has 0 aliphatic rings. The van der Waals surface area contributed by atoms with Crippen LogP contribution in [0.2, 0.25) is 0 Å². The molecule has 2 N–H and O–H groups in total. The second kappa shape index (κ2) is 7.64. The molecule has 0 aliphatic heterocycles. The summed E-state index contributed by atoms with van der Waals surface area (Å²) >= 11 is 0. The highest BCUT2D eigenvalue weighted by molar-refractivity contribution is 5.76. The third-order valence-electron chi connectivity index (χ3n) is 3.29. The van der Waals surface area contributed by atoms with Gasteiger partial charge in [-0.1, -0.05) is 30.3 Å². The van der Waals surface area contributed by atoms with Gasteiger partial charge in [0.25, 0.3) is 0 Å². The van der Waals surface area contributed by atoms with E-state index in [4.69, 9.17) is 9.52 Å². The Kier molecular flexibility index (Phi) is 5.58. The summed E-state index contributed by atoms with van der Waals surface area (Å²) in [6, 6.07) is 13.7. The number of aliphatic hydroxyl groups is 1. The average Bonchev–Trinajstić information content (AvgIpc) is 2.95. The number of amides is 1. The van der Waals surface area contributed by atoms with Crippen LogP contribution in [0.3, 0.4) is 0 Å². The topological polar surface area (TPSA) is 62.5 Å². The Labute approximate surface area is 124 Å². The van der Waals surface area contributed by atoms with Crippen molar-refractivity contribution in [1.82, 2.24) is 5.32 Å². The van der Waals surface area contributed by atoms with Gasteiger partial charge in [-0.25, -0.2) is 0 Å². The van der Waals surface area contributed by atoms with Gasteiger partial charge in [0.05, 0.1) is 0 Å². The van der Waals surface area contributed by atoms with Gasteiger partial charge in [-0.05, 0) is 25.5 Å². The standard InChI is InChI=1S/C17H21NO3/c1-13(11-12-19)18-17(20)10-8-15-7-9-16(21-15)14-5-3-2-4-6-14/h2-7,9,13,19H,8,10-12H2,1H3,(H,18,20). The van der Waals surface area contributed by atoms with Crippen LogP contribution in [0.1, 0.15) is 25.5 Å². The summed E-state index contributed by atoms with van der Waals surface area (Å²) in [6.45, 7) is 1.97. The van der Waals surface area contributed by atoms with E-state index in [-0.39, 0.29) is 18.6 Å². The van der Waals surface area contributed by atoms with E-state index in [2.05, 4.69) is 5.32 Å². The highest BCUT2D eigenvalue weighted by atomic mass is 16.3. The minimum atomic E-state index is -0.0198. The number of furan rings is 1. The first-order valence-corrected chi connectivity index (χ1v) is 7.23. The Bertz CT molecular complexity index is 562. The minimum absolute atomic E-state index is 0.000944. The zero-order chi connectivity index (χ0) is 15.1. The summed E-state index contributed by atoms with van der Waals surface area (Å²) in [7, 11) is 0. The number of benzene rings is 1. The molecule has 112 valence electrons. The first-order chi connectivity index (χ1) is 10.2. The Hall–Kier alpha value is -2.07. The lowest BCUT2D eigenvalue weighted by Gasteiger charge is -2.11. The summed E-state index contributed by atoms with van der Waals surface area (Å²) < 4.78 is 5.75.